The van der Waals surface area contributed by atoms with Crippen LogP contribution in [0.1, 0.15) is 18.9 Å². The van der Waals surface area contributed by atoms with Crippen LogP contribution in [-0.4, -0.2) is 35.5 Å². The first kappa shape index (κ1) is 15.6. The highest BCUT2D eigenvalue weighted by molar-refractivity contribution is 7.98. The van der Waals surface area contributed by atoms with Gasteiger partial charge >= 0.3 is 5.97 Å². The van der Waals surface area contributed by atoms with E-state index < -0.39 is 12.0 Å². The van der Waals surface area contributed by atoms with Crippen LogP contribution in [0.2, 0.25) is 0 Å². The minimum atomic E-state index is -0.972. The molecule has 104 valence electrons. The number of aliphatic carboxylic acids is 1. The van der Waals surface area contributed by atoms with Crippen molar-refractivity contribution in [2.75, 3.05) is 16.9 Å². The zero-order chi connectivity index (χ0) is 14.3. The van der Waals surface area contributed by atoms with E-state index in [0.29, 0.717) is 24.3 Å². The standard InChI is InChI=1S/C14H19NO3S/c1-3-11-4-6-12(7-5-11)15(10-16)13(14(17)18)8-9-19-2/h4-7,10,13H,3,8-9H2,1-2H3,(H,17,18). The van der Waals surface area contributed by atoms with Gasteiger partial charge in [0.05, 0.1) is 0 Å². The molecular formula is C14H19NO3S. The van der Waals surface area contributed by atoms with E-state index in [1.807, 2.05) is 25.3 Å². The summed E-state index contributed by atoms with van der Waals surface area (Å²) in [6.07, 6.45) is 3.86. The molecule has 1 unspecified atom stereocenters. The molecule has 0 bridgehead atoms. The summed E-state index contributed by atoms with van der Waals surface area (Å²) in [7, 11) is 0. The van der Waals surface area contributed by atoms with Gasteiger partial charge in [0, 0.05) is 5.69 Å². The smallest absolute Gasteiger partial charge is 0.326 e. The Morgan fingerprint density at radius 2 is 2.05 bits per heavy atom. The van der Waals surface area contributed by atoms with Crippen molar-refractivity contribution in [2.24, 2.45) is 0 Å². The fourth-order valence-corrected chi connectivity index (χ4v) is 2.29. The molecule has 1 atom stereocenters. The maximum atomic E-state index is 11.3. The Balaban J connectivity index is 2.94. The predicted molar refractivity (Wildman–Crippen MR) is 78.8 cm³/mol. The van der Waals surface area contributed by atoms with E-state index in [2.05, 4.69) is 0 Å². The molecule has 0 aliphatic carbocycles. The van der Waals surface area contributed by atoms with E-state index in [1.165, 1.54) is 4.90 Å². The minimum Gasteiger partial charge on any atom is -0.480 e. The van der Waals surface area contributed by atoms with Gasteiger partial charge in [-0.05, 0) is 42.5 Å². The lowest BCUT2D eigenvalue weighted by Gasteiger charge is -2.25. The highest BCUT2D eigenvalue weighted by atomic mass is 32.2. The van der Waals surface area contributed by atoms with Crippen LogP contribution in [0, 0.1) is 0 Å². The van der Waals surface area contributed by atoms with Gasteiger partial charge in [0.2, 0.25) is 6.41 Å². The first-order valence-corrected chi connectivity index (χ1v) is 7.57. The van der Waals surface area contributed by atoms with Gasteiger partial charge in [0.25, 0.3) is 0 Å². The zero-order valence-electron chi connectivity index (χ0n) is 11.2. The van der Waals surface area contributed by atoms with Crippen molar-refractivity contribution in [1.29, 1.82) is 0 Å². The highest BCUT2D eigenvalue weighted by Crippen LogP contribution is 2.19. The summed E-state index contributed by atoms with van der Waals surface area (Å²) >= 11 is 1.57. The molecule has 1 aromatic carbocycles. The second kappa shape index (κ2) is 7.84. The average molecular weight is 281 g/mol. The van der Waals surface area contributed by atoms with Crippen LogP contribution in [0.5, 0.6) is 0 Å². The van der Waals surface area contributed by atoms with Gasteiger partial charge in [-0.1, -0.05) is 19.1 Å². The summed E-state index contributed by atoms with van der Waals surface area (Å²) < 4.78 is 0. The Bertz CT molecular complexity index is 419. The molecule has 0 spiro atoms. The van der Waals surface area contributed by atoms with Gasteiger partial charge in [-0.3, -0.25) is 4.79 Å². The summed E-state index contributed by atoms with van der Waals surface area (Å²) in [6, 6.07) is 6.61. The van der Waals surface area contributed by atoms with E-state index in [1.54, 1.807) is 23.9 Å². The molecule has 0 aromatic heterocycles. The quantitative estimate of drug-likeness (QED) is 0.743. The van der Waals surface area contributed by atoms with Crippen LogP contribution in [0.25, 0.3) is 0 Å². The normalized spacial score (nSPS) is 11.9. The minimum absolute atomic E-state index is 0.435. The number of thioether (sulfide) groups is 1. The van der Waals surface area contributed by atoms with E-state index in [-0.39, 0.29) is 0 Å². The Kier molecular flexibility index (Phi) is 6.42. The number of rotatable bonds is 8. The summed E-state index contributed by atoms with van der Waals surface area (Å²) in [6.45, 7) is 2.05. The molecule has 1 aromatic rings. The Morgan fingerprint density at radius 1 is 1.42 bits per heavy atom. The number of aryl methyl sites for hydroxylation is 1. The molecule has 1 N–H and O–H groups in total. The molecule has 5 heteroatoms. The number of nitrogens with zero attached hydrogens (tertiary/aromatic N) is 1. The van der Waals surface area contributed by atoms with E-state index in [4.69, 9.17) is 0 Å². The summed E-state index contributed by atoms with van der Waals surface area (Å²) in [4.78, 5) is 23.8. The molecule has 0 saturated heterocycles. The number of amides is 1. The molecule has 0 aliphatic rings. The lowest BCUT2D eigenvalue weighted by atomic mass is 10.1. The van der Waals surface area contributed by atoms with Crippen LogP contribution in [0.4, 0.5) is 5.69 Å². The third kappa shape index (κ3) is 4.28. The second-order valence-corrected chi connectivity index (χ2v) is 5.15. The van der Waals surface area contributed by atoms with E-state index >= 15 is 0 Å². The zero-order valence-corrected chi connectivity index (χ0v) is 12.0. The number of benzene rings is 1. The molecular weight excluding hydrogens is 262 g/mol. The lowest BCUT2D eigenvalue weighted by molar-refractivity contribution is -0.139. The van der Waals surface area contributed by atoms with Gasteiger partial charge in [0.15, 0.2) is 0 Å². The third-order valence-electron chi connectivity index (χ3n) is 2.97. The lowest BCUT2D eigenvalue weighted by Crippen LogP contribution is -2.41. The van der Waals surface area contributed by atoms with Crippen molar-refractivity contribution in [1.82, 2.24) is 0 Å². The number of carbonyl (C=O) groups excluding carboxylic acids is 1. The summed E-state index contributed by atoms with van der Waals surface area (Å²) in [5.74, 6) is -0.269. The van der Waals surface area contributed by atoms with Crippen LogP contribution >= 0.6 is 11.8 Å². The van der Waals surface area contributed by atoms with Crippen molar-refractivity contribution < 1.29 is 14.7 Å². The third-order valence-corrected chi connectivity index (χ3v) is 3.62. The van der Waals surface area contributed by atoms with Crippen molar-refractivity contribution >= 4 is 29.8 Å². The van der Waals surface area contributed by atoms with Gasteiger partial charge < -0.3 is 10.0 Å². The van der Waals surface area contributed by atoms with Gasteiger partial charge in [-0.25, -0.2) is 4.79 Å². The van der Waals surface area contributed by atoms with Gasteiger partial charge in [0.1, 0.15) is 6.04 Å². The maximum absolute atomic E-state index is 11.3. The maximum Gasteiger partial charge on any atom is 0.326 e. The second-order valence-electron chi connectivity index (χ2n) is 4.17. The largest absolute Gasteiger partial charge is 0.480 e. The molecule has 19 heavy (non-hydrogen) atoms. The Hall–Kier alpha value is -1.49. The predicted octanol–water partition coefficient (Wildman–Crippen LogP) is 2.42. The van der Waals surface area contributed by atoms with Crippen LogP contribution in [-0.2, 0) is 16.0 Å². The Morgan fingerprint density at radius 3 is 2.47 bits per heavy atom. The summed E-state index contributed by atoms with van der Waals surface area (Å²) in [5.41, 5.74) is 1.78. The summed E-state index contributed by atoms with van der Waals surface area (Å²) in [5, 5.41) is 9.25. The number of hydrogen-bond acceptors (Lipinski definition) is 3. The monoisotopic (exact) mass is 281 g/mol. The first-order chi connectivity index (χ1) is 9.13. The highest BCUT2D eigenvalue weighted by Gasteiger charge is 2.25. The topological polar surface area (TPSA) is 57.6 Å². The number of carboxylic acids is 1. The van der Waals surface area contributed by atoms with Crippen molar-refractivity contribution in [3.8, 4) is 0 Å². The van der Waals surface area contributed by atoms with E-state index in [0.717, 1.165) is 12.0 Å². The first-order valence-electron chi connectivity index (χ1n) is 6.18. The van der Waals surface area contributed by atoms with Crippen LogP contribution in [0.3, 0.4) is 0 Å². The Labute approximate surface area is 117 Å². The molecule has 1 amide bonds. The number of anilines is 1. The molecule has 4 nitrogen and oxygen atoms in total. The van der Waals surface area contributed by atoms with Gasteiger partial charge in [-0.2, -0.15) is 11.8 Å². The molecule has 0 radical (unpaired) electrons. The molecule has 1 rings (SSSR count). The van der Waals surface area contributed by atoms with Crippen LogP contribution < -0.4 is 4.90 Å². The number of carboxylic acid groups (broad SMARTS) is 1. The van der Waals surface area contributed by atoms with Crippen LogP contribution in [0.15, 0.2) is 24.3 Å². The van der Waals surface area contributed by atoms with E-state index in [9.17, 15) is 14.7 Å². The number of carbonyl (C=O) groups is 2. The SMILES string of the molecule is CCc1ccc(N(C=O)C(CCSC)C(=O)O)cc1. The molecule has 0 heterocycles. The molecule has 0 aliphatic heterocycles. The fraction of sp³-hybridized carbons (Fsp3) is 0.429. The average Bonchev–Trinajstić information content (AvgIpc) is 2.43. The van der Waals surface area contributed by atoms with Gasteiger partial charge in [-0.15, -0.1) is 0 Å². The molecule has 0 saturated carbocycles. The van der Waals surface area contributed by atoms with Crippen molar-refractivity contribution in [3.63, 3.8) is 0 Å². The fourth-order valence-electron chi connectivity index (χ4n) is 1.83. The molecule has 0 fully saturated rings. The number of hydrogen-bond donors (Lipinski definition) is 1. The van der Waals surface area contributed by atoms with Crippen molar-refractivity contribution in [2.45, 2.75) is 25.8 Å². The van der Waals surface area contributed by atoms with Crippen molar-refractivity contribution in [3.05, 3.63) is 29.8 Å².